The molecule has 0 aliphatic heterocycles. The number of allylic oxidation sites excluding steroid dienone is 16. The Morgan fingerprint density at radius 3 is 1.28 bits per heavy atom. The lowest BCUT2D eigenvalue weighted by Crippen LogP contribution is -2.46. The Bertz CT molecular complexity index is 1390. The molecule has 3 atom stereocenters. The Hall–Kier alpha value is -3.22. The molecule has 0 heterocycles. The Labute approximate surface area is 439 Å². The van der Waals surface area contributed by atoms with Crippen LogP contribution >= 0.6 is 0 Å². The summed E-state index contributed by atoms with van der Waals surface area (Å²) in [5.41, 5.74) is 0. The summed E-state index contributed by atoms with van der Waals surface area (Å²) in [5.74, 6) is -0.545. The first-order valence-electron chi connectivity index (χ1n) is 30.0. The highest BCUT2D eigenvalue weighted by atomic mass is 16.5. The van der Waals surface area contributed by atoms with Gasteiger partial charge in [0.1, 0.15) is 6.10 Å². The number of esters is 1. The van der Waals surface area contributed by atoms with Gasteiger partial charge in [-0.05, 0) is 96.3 Å². The highest BCUT2D eigenvalue weighted by Crippen LogP contribution is 2.18. The van der Waals surface area contributed by atoms with Crippen LogP contribution in [0.25, 0.3) is 0 Å². The van der Waals surface area contributed by atoms with Crippen LogP contribution in [0.1, 0.15) is 278 Å². The number of hydrogen-bond acceptors (Lipinski definition) is 5. The summed E-state index contributed by atoms with van der Waals surface area (Å²) in [4.78, 5) is 26.3. The molecule has 0 saturated heterocycles. The average Bonchev–Trinajstić information content (AvgIpc) is 3.36. The van der Waals surface area contributed by atoms with Crippen molar-refractivity contribution in [2.45, 2.75) is 296 Å². The van der Waals surface area contributed by atoms with Gasteiger partial charge in [0.2, 0.25) is 5.91 Å². The number of aliphatic hydroxyl groups excluding tert-OH is 2. The molecule has 0 radical (unpaired) electrons. The molecule has 71 heavy (non-hydrogen) atoms. The number of unbranched alkanes of at least 4 members (excludes halogenated alkanes) is 27. The second-order valence-electron chi connectivity index (χ2n) is 20.1. The molecule has 0 aromatic carbocycles. The van der Waals surface area contributed by atoms with Gasteiger partial charge in [-0.1, -0.05) is 266 Å². The quantitative estimate of drug-likeness (QED) is 0.0244. The molecule has 0 aromatic rings. The van der Waals surface area contributed by atoms with Crippen molar-refractivity contribution in [3.8, 4) is 0 Å². The van der Waals surface area contributed by atoms with E-state index < -0.39 is 18.2 Å². The minimum atomic E-state index is -0.810. The first-order chi connectivity index (χ1) is 35.0. The maximum atomic E-state index is 13.3. The van der Waals surface area contributed by atoms with Crippen LogP contribution in [-0.2, 0) is 14.3 Å². The molecule has 0 aliphatic carbocycles. The number of hydrogen-bond donors (Lipinski definition) is 3. The van der Waals surface area contributed by atoms with E-state index >= 15 is 0 Å². The van der Waals surface area contributed by atoms with Crippen LogP contribution in [0.3, 0.4) is 0 Å². The third kappa shape index (κ3) is 52.9. The molecule has 0 bridgehead atoms. The fourth-order valence-corrected chi connectivity index (χ4v) is 8.69. The molecule has 6 heteroatoms. The van der Waals surface area contributed by atoms with Crippen LogP contribution < -0.4 is 5.32 Å². The van der Waals surface area contributed by atoms with E-state index in [0.717, 1.165) is 109 Å². The summed E-state index contributed by atoms with van der Waals surface area (Å²) < 4.78 is 5.94. The first kappa shape index (κ1) is 67.8. The topological polar surface area (TPSA) is 95.9 Å². The fourth-order valence-electron chi connectivity index (χ4n) is 8.69. The maximum absolute atomic E-state index is 13.3. The van der Waals surface area contributed by atoms with E-state index in [1.165, 1.54) is 122 Å². The van der Waals surface area contributed by atoms with Crippen molar-refractivity contribution in [2.24, 2.45) is 0 Å². The Kier molecular flexibility index (Phi) is 55.1. The van der Waals surface area contributed by atoms with Gasteiger partial charge in [-0.2, -0.15) is 0 Å². The van der Waals surface area contributed by atoms with Crippen molar-refractivity contribution in [2.75, 3.05) is 6.61 Å². The summed E-state index contributed by atoms with van der Waals surface area (Å²) in [5, 5.41) is 23.9. The van der Waals surface area contributed by atoms with Crippen LogP contribution in [0.4, 0.5) is 0 Å². The van der Waals surface area contributed by atoms with Crippen LogP contribution in [-0.4, -0.2) is 46.9 Å². The van der Waals surface area contributed by atoms with Crippen LogP contribution in [0, 0.1) is 0 Å². The summed E-state index contributed by atoms with van der Waals surface area (Å²) in [6.07, 6.45) is 77.6. The SMILES string of the molecule is CC/C=C\C/C=C\C/C=C\C/C=C\C/C=C\CCCCCC(=O)OC(CCCCC/C=C/C=C/C=C/CCCCCCC)CC(=O)NC(CO)C(O)CCCCCCCCCCCCCCCCCCC. The number of aliphatic hydroxyl groups is 2. The number of carbonyl (C=O) groups excluding carboxylic acids is 2. The van der Waals surface area contributed by atoms with E-state index in [4.69, 9.17) is 4.74 Å². The van der Waals surface area contributed by atoms with Gasteiger partial charge in [-0.3, -0.25) is 9.59 Å². The summed E-state index contributed by atoms with van der Waals surface area (Å²) in [7, 11) is 0. The van der Waals surface area contributed by atoms with Gasteiger partial charge in [0.15, 0.2) is 0 Å². The van der Waals surface area contributed by atoms with Gasteiger partial charge in [0.05, 0.1) is 25.2 Å². The normalized spacial score (nSPS) is 13.8. The lowest BCUT2D eigenvalue weighted by atomic mass is 10.0. The van der Waals surface area contributed by atoms with Gasteiger partial charge in [0.25, 0.3) is 0 Å². The first-order valence-corrected chi connectivity index (χ1v) is 30.0. The number of ether oxygens (including phenoxy) is 1. The second kappa shape index (κ2) is 57.7. The second-order valence-corrected chi connectivity index (χ2v) is 20.1. The van der Waals surface area contributed by atoms with Crippen LogP contribution in [0.2, 0.25) is 0 Å². The zero-order valence-electron chi connectivity index (χ0n) is 46.6. The van der Waals surface area contributed by atoms with Gasteiger partial charge in [-0.15, -0.1) is 0 Å². The van der Waals surface area contributed by atoms with Crippen molar-refractivity contribution in [1.29, 1.82) is 0 Å². The number of rotatable bonds is 53. The molecular weight excluding hydrogens is 875 g/mol. The van der Waals surface area contributed by atoms with E-state index in [1.54, 1.807) is 0 Å². The van der Waals surface area contributed by atoms with E-state index in [1.807, 2.05) is 0 Å². The van der Waals surface area contributed by atoms with Crippen molar-refractivity contribution >= 4 is 11.9 Å². The lowest BCUT2D eigenvalue weighted by Gasteiger charge is -2.24. The van der Waals surface area contributed by atoms with Crippen LogP contribution in [0.15, 0.2) is 97.2 Å². The predicted molar refractivity (Wildman–Crippen MR) is 310 cm³/mol. The van der Waals surface area contributed by atoms with Gasteiger partial charge in [-0.25, -0.2) is 0 Å². The lowest BCUT2D eigenvalue weighted by molar-refractivity contribution is -0.151. The maximum Gasteiger partial charge on any atom is 0.306 e. The fraction of sp³-hybridized carbons (Fsp3) is 0.723. The predicted octanol–water partition coefficient (Wildman–Crippen LogP) is 18.8. The molecule has 0 rings (SSSR count). The molecule has 6 nitrogen and oxygen atoms in total. The third-order valence-corrected chi connectivity index (χ3v) is 13.2. The average molecular weight is 989 g/mol. The number of nitrogens with one attached hydrogen (secondary N) is 1. The number of carbonyl (C=O) groups is 2. The van der Waals surface area contributed by atoms with E-state index in [9.17, 15) is 19.8 Å². The zero-order chi connectivity index (χ0) is 51.6. The minimum Gasteiger partial charge on any atom is -0.462 e. The highest BCUT2D eigenvalue weighted by molar-refractivity contribution is 5.77. The zero-order valence-corrected chi connectivity index (χ0v) is 46.6. The number of amides is 1. The highest BCUT2D eigenvalue weighted by Gasteiger charge is 2.24. The molecule has 0 spiro atoms. The monoisotopic (exact) mass is 988 g/mol. The Morgan fingerprint density at radius 1 is 0.437 bits per heavy atom. The molecule has 1 amide bonds. The standard InChI is InChI=1S/C65H113NO5/c1-4-7-10-13-16-19-22-25-28-31-32-34-37-40-43-46-49-52-55-58-65(70)71-61(56-53-50-47-44-41-38-35-30-27-24-21-18-15-12-9-6-3)59-64(69)66-62(60-67)63(68)57-54-51-48-45-42-39-36-33-29-26-23-20-17-14-11-8-5-2/h7,10,16,19,24-25,27-28,30,32,34-35,38,40-41,43,61-63,67-68H,4-6,8-9,11-15,17-18,20-23,26,29,31,33,36-37,39,42,44-60H2,1-3H3,(H,66,69)/b10-7-,19-16-,27-24+,28-25-,34-32-,35-30+,41-38+,43-40-. The van der Waals surface area contributed by atoms with Gasteiger partial charge in [0, 0.05) is 6.42 Å². The third-order valence-electron chi connectivity index (χ3n) is 13.2. The Balaban J connectivity index is 4.67. The summed E-state index contributed by atoms with van der Waals surface area (Å²) in [6.45, 7) is 6.36. The molecule has 0 aliphatic rings. The van der Waals surface area contributed by atoms with Gasteiger partial charge < -0.3 is 20.3 Å². The Morgan fingerprint density at radius 2 is 0.817 bits per heavy atom. The van der Waals surface area contributed by atoms with E-state index in [0.29, 0.717) is 19.3 Å². The molecular formula is C65H113NO5. The smallest absolute Gasteiger partial charge is 0.306 e. The summed E-state index contributed by atoms with van der Waals surface area (Å²) in [6, 6.07) is -0.727. The molecule has 0 saturated carbocycles. The van der Waals surface area contributed by atoms with E-state index in [2.05, 4.69) is 123 Å². The van der Waals surface area contributed by atoms with E-state index in [-0.39, 0.29) is 24.9 Å². The summed E-state index contributed by atoms with van der Waals surface area (Å²) >= 11 is 0. The largest absolute Gasteiger partial charge is 0.462 e. The molecule has 3 unspecified atom stereocenters. The van der Waals surface area contributed by atoms with Crippen molar-refractivity contribution in [3.05, 3.63) is 97.2 Å². The molecule has 3 N–H and O–H groups in total. The van der Waals surface area contributed by atoms with Crippen molar-refractivity contribution in [3.63, 3.8) is 0 Å². The minimum absolute atomic E-state index is 0.0368. The van der Waals surface area contributed by atoms with Crippen LogP contribution in [0.5, 0.6) is 0 Å². The van der Waals surface area contributed by atoms with Gasteiger partial charge >= 0.3 is 5.97 Å². The van der Waals surface area contributed by atoms with Crippen molar-refractivity contribution in [1.82, 2.24) is 5.32 Å². The molecule has 408 valence electrons. The molecule has 0 fully saturated rings. The van der Waals surface area contributed by atoms with Crippen molar-refractivity contribution < 1.29 is 24.5 Å². The molecule has 0 aromatic heterocycles.